The molecule has 0 saturated carbocycles. The average molecular weight is 509 g/mol. The van der Waals surface area contributed by atoms with E-state index in [0.717, 1.165) is 13.1 Å². The van der Waals surface area contributed by atoms with Gasteiger partial charge in [-0.2, -0.15) is 0 Å². The van der Waals surface area contributed by atoms with Crippen molar-refractivity contribution in [3.8, 4) is 0 Å². The Morgan fingerprint density at radius 2 is 0.792 bits per heavy atom. The van der Waals surface area contributed by atoms with Gasteiger partial charge in [0.15, 0.2) is 0 Å². The summed E-state index contributed by atoms with van der Waals surface area (Å²) in [6.07, 6.45) is 0. The summed E-state index contributed by atoms with van der Waals surface area (Å²) in [5, 5.41) is 0. The maximum absolute atomic E-state index is 3.81. The molecule has 146 valence electrons. The van der Waals surface area contributed by atoms with Crippen molar-refractivity contribution >= 4 is 0 Å². The molecule has 0 spiro atoms. The number of benzene rings is 1. The average Bonchev–Trinajstić information content (AvgIpc) is 2.29. The third-order valence-electron chi connectivity index (χ3n) is 2.16. The van der Waals surface area contributed by atoms with Gasteiger partial charge in [0.2, 0.25) is 0 Å². The van der Waals surface area contributed by atoms with Gasteiger partial charge in [-0.15, -0.1) is 13.1 Å². The number of hydrogen-bond acceptors (Lipinski definition) is 1. The molecule has 0 N–H and O–H groups in total. The first-order valence-corrected chi connectivity index (χ1v) is 7.36. The van der Waals surface area contributed by atoms with E-state index in [-0.39, 0.29) is 48.9 Å². The first kappa shape index (κ1) is 39.1. The van der Waals surface area contributed by atoms with Gasteiger partial charge in [-0.1, -0.05) is 86.4 Å². The van der Waals surface area contributed by atoms with E-state index in [9.17, 15) is 0 Å². The van der Waals surface area contributed by atoms with Crippen LogP contribution < -0.4 is 0 Å². The Bertz CT molecular complexity index is 259. The molecule has 0 bridgehead atoms. The maximum Gasteiger partial charge on any atom is 2.00 e. The molecule has 1 rings (SSSR count). The Kier molecular flexibility index (Phi) is 34.1. The zero-order chi connectivity index (χ0) is 16.2. The maximum atomic E-state index is 3.81. The quantitative estimate of drug-likeness (QED) is 0.376. The van der Waals surface area contributed by atoms with Crippen LogP contribution in [0.15, 0.2) is 36.4 Å². The van der Waals surface area contributed by atoms with Crippen LogP contribution in [0.1, 0.15) is 70.7 Å². The van der Waals surface area contributed by atoms with E-state index >= 15 is 0 Å². The van der Waals surface area contributed by atoms with Gasteiger partial charge < -0.3 is 18.7 Å². The van der Waals surface area contributed by atoms with E-state index in [0.29, 0.717) is 5.41 Å². The zero-order valence-electron chi connectivity index (χ0n) is 15.1. The largest absolute Gasteiger partial charge is 2.00 e. The van der Waals surface area contributed by atoms with Crippen LogP contribution in [0.3, 0.4) is 0 Å². The molecule has 0 heterocycles. The van der Waals surface area contributed by atoms with Crippen molar-refractivity contribution in [2.45, 2.75) is 76.3 Å². The van der Waals surface area contributed by atoms with Crippen LogP contribution in [0.5, 0.6) is 0 Å². The second-order valence-electron chi connectivity index (χ2n) is 7.31. The van der Waals surface area contributed by atoms with Gasteiger partial charge >= 0.3 is 21.1 Å². The molecule has 0 unspecified atom stereocenters. The molecule has 0 aliphatic carbocycles. The second-order valence-corrected chi connectivity index (χ2v) is 7.31. The SMILES string of the molecule is C.C.C.CC(C)(C)C.[CH2-]CN(C[CH2-])C(C)(C)C.[W+2].c1ccccc1. The van der Waals surface area contributed by atoms with Crippen molar-refractivity contribution in [1.82, 2.24) is 4.90 Å². The van der Waals surface area contributed by atoms with Crippen molar-refractivity contribution in [2.75, 3.05) is 13.1 Å². The van der Waals surface area contributed by atoms with Crippen molar-refractivity contribution < 1.29 is 21.1 Å². The Balaban J connectivity index is -0.0000000485. The molecule has 0 aromatic heterocycles. The van der Waals surface area contributed by atoms with Crippen LogP contribution >= 0.6 is 0 Å². The molecule has 0 aliphatic rings. The van der Waals surface area contributed by atoms with E-state index in [4.69, 9.17) is 0 Å². The number of nitrogens with zero attached hydrogens (tertiary/aromatic N) is 1. The van der Waals surface area contributed by atoms with Gasteiger partial charge in [0.05, 0.1) is 0 Å². The predicted octanol–water partition coefficient (Wildman–Crippen LogP) is 7.40. The summed E-state index contributed by atoms with van der Waals surface area (Å²) in [6.45, 7) is 24.6. The molecule has 0 amide bonds. The Morgan fingerprint density at radius 1 is 0.625 bits per heavy atom. The van der Waals surface area contributed by atoms with Gasteiger partial charge in [-0.05, 0) is 26.2 Å². The molecule has 1 aromatic carbocycles. The topological polar surface area (TPSA) is 3.24 Å². The Hall–Kier alpha value is -0.132. The minimum Gasteiger partial charge on any atom is -0.358 e. The van der Waals surface area contributed by atoms with Crippen LogP contribution in [0.25, 0.3) is 0 Å². The van der Waals surface area contributed by atoms with E-state index in [1.807, 2.05) is 36.4 Å². The summed E-state index contributed by atoms with van der Waals surface area (Å²) in [6, 6.07) is 12.0. The summed E-state index contributed by atoms with van der Waals surface area (Å²) in [5.41, 5.74) is 0.726. The van der Waals surface area contributed by atoms with E-state index < -0.39 is 0 Å². The number of hydrogen-bond donors (Lipinski definition) is 0. The molecule has 0 fully saturated rings. The molecule has 24 heavy (non-hydrogen) atoms. The molecule has 1 aromatic rings. The van der Waals surface area contributed by atoms with Crippen LogP contribution in [-0.2, 0) is 21.1 Å². The third kappa shape index (κ3) is 37.8. The van der Waals surface area contributed by atoms with Gasteiger partial charge in [0, 0.05) is 5.54 Å². The molecule has 0 saturated heterocycles. The second kappa shape index (κ2) is 20.9. The molecule has 0 radical (unpaired) electrons. The van der Waals surface area contributed by atoms with E-state index in [2.05, 4.69) is 67.2 Å². The fourth-order valence-corrected chi connectivity index (χ4v) is 1.17. The summed E-state index contributed by atoms with van der Waals surface area (Å²) < 4.78 is 0. The summed E-state index contributed by atoms with van der Waals surface area (Å²) >= 11 is 0. The zero-order valence-corrected chi connectivity index (χ0v) is 18.1. The van der Waals surface area contributed by atoms with Crippen molar-refractivity contribution in [1.29, 1.82) is 0 Å². The minimum absolute atomic E-state index is 0. The van der Waals surface area contributed by atoms with Crippen LogP contribution in [0.2, 0.25) is 0 Å². The molecule has 0 atom stereocenters. The summed E-state index contributed by atoms with van der Waals surface area (Å²) in [4.78, 5) is 2.22. The standard InChI is InChI=1S/C8H17N.C6H6.C5H12.3CH4.W/c1-6-9(7-2)8(3,4)5;1-2-4-6-5-3-1;1-5(2,3)4;;;;/h1-2,6-7H2,3-5H3;1-6H;1-4H3;3*1H4;/q-2;;;;;;+2. The van der Waals surface area contributed by atoms with Crippen LogP contribution in [0.4, 0.5) is 0 Å². The Labute approximate surface area is 170 Å². The molecular formula is C22H47NW. The van der Waals surface area contributed by atoms with E-state index in [1.54, 1.807) is 0 Å². The fraction of sp³-hybridized carbons (Fsp3) is 0.636. The third-order valence-corrected chi connectivity index (χ3v) is 2.16. The van der Waals surface area contributed by atoms with Crippen molar-refractivity contribution in [2.24, 2.45) is 5.41 Å². The Morgan fingerprint density at radius 3 is 0.833 bits per heavy atom. The van der Waals surface area contributed by atoms with Gasteiger partial charge in [-0.3, -0.25) is 0 Å². The van der Waals surface area contributed by atoms with Crippen LogP contribution in [-0.4, -0.2) is 23.5 Å². The first-order valence-electron chi connectivity index (χ1n) is 7.36. The van der Waals surface area contributed by atoms with Gasteiger partial charge in [0.25, 0.3) is 0 Å². The normalized spacial score (nSPS) is 9.25. The number of rotatable bonds is 2. The van der Waals surface area contributed by atoms with Crippen molar-refractivity contribution in [3.05, 3.63) is 50.2 Å². The fourth-order valence-electron chi connectivity index (χ4n) is 1.17. The monoisotopic (exact) mass is 509 g/mol. The predicted molar refractivity (Wildman–Crippen MR) is 114 cm³/mol. The van der Waals surface area contributed by atoms with Gasteiger partial charge in [0.1, 0.15) is 0 Å². The summed E-state index contributed by atoms with van der Waals surface area (Å²) in [7, 11) is 0. The van der Waals surface area contributed by atoms with E-state index in [1.165, 1.54) is 0 Å². The first-order chi connectivity index (χ1) is 9.02. The minimum atomic E-state index is 0. The smallest absolute Gasteiger partial charge is 0.358 e. The van der Waals surface area contributed by atoms with Crippen molar-refractivity contribution in [3.63, 3.8) is 0 Å². The summed E-state index contributed by atoms with van der Waals surface area (Å²) in [5.74, 6) is 0. The molecule has 0 aliphatic heterocycles. The molecule has 1 nitrogen and oxygen atoms in total. The molecular weight excluding hydrogens is 462 g/mol. The van der Waals surface area contributed by atoms with Crippen LogP contribution in [0, 0.1) is 19.3 Å². The molecule has 2 heteroatoms. The van der Waals surface area contributed by atoms with Gasteiger partial charge in [-0.25, -0.2) is 0 Å².